The van der Waals surface area contributed by atoms with E-state index in [1.807, 2.05) is 13.8 Å². The van der Waals surface area contributed by atoms with E-state index < -0.39 is 0 Å². The van der Waals surface area contributed by atoms with Gasteiger partial charge in [-0.3, -0.25) is 4.79 Å². The van der Waals surface area contributed by atoms with E-state index in [9.17, 15) is 4.79 Å². The Hall–Kier alpha value is -0.530. The van der Waals surface area contributed by atoms with Gasteiger partial charge in [0.2, 0.25) is 0 Å². The van der Waals surface area contributed by atoms with Crippen LogP contribution in [-0.2, 0) is 9.53 Å². The Labute approximate surface area is 148 Å². The smallest absolute Gasteiger partial charge is 0.312 e. The van der Waals surface area contributed by atoms with Gasteiger partial charge in [0.05, 0.1) is 5.41 Å². The molecular weight excluding hydrogens is 296 g/mol. The fourth-order valence-electron chi connectivity index (χ4n) is 7.14. The Balaban J connectivity index is 1.63. The van der Waals surface area contributed by atoms with Gasteiger partial charge in [0.15, 0.2) is 0 Å². The second kappa shape index (κ2) is 5.48. The normalized spacial score (nSPS) is 46.4. The van der Waals surface area contributed by atoms with Gasteiger partial charge in [-0.15, -0.1) is 0 Å². The highest BCUT2D eigenvalue weighted by Crippen LogP contribution is 2.69. The first-order valence-electron chi connectivity index (χ1n) is 10.5. The molecule has 0 radical (unpaired) electrons. The van der Waals surface area contributed by atoms with E-state index in [4.69, 9.17) is 4.74 Å². The minimum absolute atomic E-state index is 0.0452. The zero-order chi connectivity index (χ0) is 17.3. The van der Waals surface area contributed by atoms with E-state index in [-0.39, 0.29) is 17.0 Å². The Morgan fingerprint density at radius 3 is 2.21 bits per heavy atom. The summed E-state index contributed by atoms with van der Waals surface area (Å²) >= 11 is 0. The predicted molar refractivity (Wildman–Crippen MR) is 96.4 cm³/mol. The van der Waals surface area contributed by atoms with Crippen molar-refractivity contribution in [3.63, 3.8) is 0 Å². The van der Waals surface area contributed by atoms with Crippen LogP contribution in [0, 0.1) is 46.8 Å². The second-order valence-electron chi connectivity index (χ2n) is 10.4. The molecule has 5 aliphatic rings. The van der Waals surface area contributed by atoms with Crippen molar-refractivity contribution in [2.24, 2.45) is 46.8 Å². The second-order valence-corrected chi connectivity index (χ2v) is 10.4. The summed E-state index contributed by atoms with van der Waals surface area (Å²) in [6, 6.07) is 0. The lowest BCUT2D eigenvalue weighted by Gasteiger charge is -2.56. The third-order valence-electron chi connectivity index (χ3n) is 8.82. The van der Waals surface area contributed by atoms with Gasteiger partial charge >= 0.3 is 5.97 Å². The molecule has 5 saturated carbocycles. The van der Waals surface area contributed by atoms with Crippen LogP contribution in [0.25, 0.3) is 0 Å². The number of hydrogen-bond donors (Lipinski definition) is 0. The lowest BCUT2D eigenvalue weighted by molar-refractivity contribution is -0.197. The van der Waals surface area contributed by atoms with Crippen molar-refractivity contribution >= 4 is 5.97 Å². The molecule has 5 atom stereocenters. The molecular formula is C22H36O2. The van der Waals surface area contributed by atoms with Gasteiger partial charge in [-0.2, -0.15) is 0 Å². The zero-order valence-corrected chi connectivity index (χ0v) is 16.3. The van der Waals surface area contributed by atoms with Crippen molar-refractivity contribution in [2.45, 2.75) is 85.2 Å². The van der Waals surface area contributed by atoms with Crippen molar-refractivity contribution in [3.8, 4) is 0 Å². The van der Waals surface area contributed by atoms with Crippen LogP contribution >= 0.6 is 0 Å². The molecule has 136 valence electrons. The minimum Gasteiger partial charge on any atom is -0.458 e. The summed E-state index contributed by atoms with van der Waals surface area (Å²) in [5, 5.41) is 0. The summed E-state index contributed by atoms with van der Waals surface area (Å²) in [5.74, 6) is 5.68. The third kappa shape index (κ3) is 2.16. The SMILES string of the molecule is CCC(C)(C)C(=O)OC1(C(C)C)CC2CC1C1C3CCC(CC3)C21. The van der Waals surface area contributed by atoms with E-state index in [0.717, 1.165) is 42.4 Å². The van der Waals surface area contributed by atoms with Crippen LogP contribution in [0.1, 0.15) is 79.6 Å². The van der Waals surface area contributed by atoms with E-state index >= 15 is 0 Å². The quantitative estimate of drug-likeness (QED) is 0.640. The number of hydrogen-bond acceptors (Lipinski definition) is 2. The number of ether oxygens (including phenoxy) is 1. The Kier molecular flexibility index (Phi) is 3.86. The molecule has 0 aromatic carbocycles. The van der Waals surface area contributed by atoms with Crippen LogP contribution < -0.4 is 0 Å². The molecule has 0 heterocycles. The highest BCUT2D eigenvalue weighted by Gasteiger charge is 2.67. The van der Waals surface area contributed by atoms with Crippen molar-refractivity contribution in [3.05, 3.63) is 0 Å². The molecule has 0 aromatic rings. The summed E-state index contributed by atoms with van der Waals surface area (Å²) in [6.45, 7) is 10.8. The van der Waals surface area contributed by atoms with Crippen molar-refractivity contribution in [1.29, 1.82) is 0 Å². The molecule has 0 amide bonds. The molecule has 2 nitrogen and oxygen atoms in total. The molecule has 5 fully saturated rings. The molecule has 0 saturated heterocycles. The number of esters is 1. The van der Waals surface area contributed by atoms with Crippen LogP contribution in [-0.4, -0.2) is 11.6 Å². The van der Waals surface area contributed by atoms with Crippen LogP contribution in [0.2, 0.25) is 0 Å². The van der Waals surface area contributed by atoms with Crippen molar-refractivity contribution < 1.29 is 9.53 Å². The van der Waals surface area contributed by atoms with E-state index in [1.54, 1.807) is 0 Å². The molecule has 5 unspecified atom stereocenters. The topological polar surface area (TPSA) is 26.3 Å². The first kappa shape index (κ1) is 16.9. The Morgan fingerprint density at radius 2 is 1.67 bits per heavy atom. The molecule has 5 rings (SSSR count). The third-order valence-corrected chi connectivity index (χ3v) is 8.82. The van der Waals surface area contributed by atoms with Crippen molar-refractivity contribution in [2.75, 3.05) is 0 Å². The first-order valence-corrected chi connectivity index (χ1v) is 10.5. The average molecular weight is 333 g/mol. The highest BCUT2D eigenvalue weighted by atomic mass is 16.6. The summed E-state index contributed by atoms with van der Waals surface area (Å²) in [7, 11) is 0. The van der Waals surface area contributed by atoms with Gasteiger partial charge in [-0.25, -0.2) is 0 Å². The van der Waals surface area contributed by atoms with Crippen LogP contribution in [0.4, 0.5) is 0 Å². The summed E-state index contributed by atoms with van der Waals surface area (Å²) in [6.07, 6.45) is 9.17. The van der Waals surface area contributed by atoms with Gasteiger partial charge in [0.1, 0.15) is 5.60 Å². The number of carbonyl (C=O) groups is 1. The fourth-order valence-corrected chi connectivity index (χ4v) is 7.14. The van der Waals surface area contributed by atoms with E-state index in [1.165, 1.54) is 32.1 Å². The van der Waals surface area contributed by atoms with Gasteiger partial charge in [-0.1, -0.05) is 20.8 Å². The molecule has 4 bridgehead atoms. The van der Waals surface area contributed by atoms with Gasteiger partial charge in [0.25, 0.3) is 0 Å². The molecule has 0 aliphatic heterocycles. The number of carbonyl (C=O) groups excluding carboxylic acids is 1. The lowest BCUT2D eigenvalue weighted by Crippen LogP contribution is -2.56. The minimum atomic E-state index is -0.352. The molecule has 0 N–H and O–H groups in total. The number of fused-ring (bicyclic) bond motifs is 4. The monoisotopic (exact) mass is 332 g/mol. The maximum Gasteiger partial charge on any atom is 0.312 e. The summed E-state index contributed by atoms with van der Waals surface area (Å²) < 4.78 is 6.47. The largest absolute Gasteiger partial charge is 0.458 e. The molecule has 24 heavy (non-hydrogen) atoms. The summed E-state index contributed by atoms with van der Waals surface area (Å²) in [4.78, 5) is 12.9. The predicted octanol–water partition coefficient (Wildman–Crippen LogP) is 5.45. The standard InChI is InChI=1S/C22H36O2/c1-6-21(4,5)20(23)24-22(13(2)3)12-16-11-17(22)19-15-9-7-14(8-10-15)18(16)19/h13-19H,6-12H2,1-5H3. The maximum atomic E-state index is 12.9. The van der Waals surface area contributed by atoms with Crippen LogP contribution in [0.3, 0.4) is 0 Å². The molecule has 0 spiro atoms. The van der Waals surface area contributed by atoms with Crippen molar-refractivity contribution in [1.82, 2.24) is 0 Å². The molecule has 2 heteroatoms. The van der Waals surface area contributed by atoms with Gasteiger partial charge in [0, 0.05) is 5.92 Å². The van der Waals surface area contributed by atoms with Crippen LogP contribution in [0.15, 0.2) is 0 Å². The van der Waals surface area contributed by atoms with Gasteiger partial charge in [-0.05, 0) is 94.3 Å². The highest BCUT2D eigenvalue weighted by molar-refractivity contribution is 5.76. The van der Waals surface area contributed by atoms with E-state index in [0.29, 0.717) is 11.8 Å². The Bertz CT molecular complexity index is 514. The maximum absolute atomic E-state index is 12.9. The number of rotatable bonds is 4. The lowest BCUT2D eigenvalue weighted by atomic mass is 9.51. The first-order chi connectivity index (χ1) is 11.3. The van der Waals surface area contributed by atoms with Gasteiger partial charge < -0.3 is 4.74 Å². The fraction of sp³-hybridized carbons (Fsp3) is 0.955. The molecule has 5 aliphatic carbocycles. The van der Waals surface area contributed by atoms with E-state index in [2.05, 4.69) is 20.8 Å². The summed E-state index contributed by atoms with van der Waals surface area (Å²) in [5.41, 5.74) is -0.526. The van der Waals surface area contributed by atoms with Crippen LogP contribution in [0.5, 0.6) is 0 Å². The average Bonchev–Trinajstić information content (AvgIpc) is 3.14. The molecule has 0 aromatic heterocycles. The Morgan fingerprint density at radius 1 is 1.08 bits per heavy atom. The zero-order valence-electron chi connectivity index (χ0n) is 16.3.